The Labute approximate surface area is 94.0 Å². The van der Waals surface area contributed by atoms with Gasteiger partial charge in [0, 0.05) is 0 Å². The number of aryl methyl sites for hydroxylation is 1. The van der Waals surface area contributed by atoms with Crippen LogP contribution in [0.25, 0.3) is 0 Å². The van der Waals surface area contributed by atoms with Crippen molar-refractivity contribution in [2.24, 2.45) is 0 Å². The van der Waals surface area contributed by atoms with Crippen LogP contribution in [0.2, 0.25) is 5.02 Å². The van der Waals surface area contributed by atoms with Crippen LogP contribution in [-0.2, 0) is 4.74 Å². The van der Waals surface area contributed by atoms with E-state index in [0.717, 1.165) is 11.3 Å². The van der Waals surface area contributed by atoms with Crippen molar-refractivity contribution in [2.75, 3.05) is 18.5 Å². The number of halogens is 1. The minimum absolute atomic E-state index is 0.0646. The van der Waals surface area contributed by atoms with E-state index in [1.165, 1.54) is 0 Å². The van der Waals surface area contributed by atoms with Crippen LogP contribution < -0.4 is 5.32 Å². The van der Waals surface area contributed by atoms with Crippen molar-refractivity contribution in [1.29, 1.82) is 0 Å². The maximum atomic E-state index is 9.57. The van der Waals surface area contributed by atoms with Crippen LogP contribution in [0.3, 0.4) is 0 Å². The summed E-state index contributed by atoms with van der Waals surface area (Å²) >= 11 is 6.07. The average molecular weight is 228 g/mol. The lowest BCUT2D eigenvalue weighted by Gasteiger charge is -2.17. The highest BCUT2D eigenvalue weighted by Crippen LogP contribution is 2.24. The molecule has 0 saturated carbocycles. The molecular weight excluding hydrogens is 214 g/mol. The third-order valence-corrected chi connectivity index (χ3v) is 2.83. The van der Waals surface area contributed by atoms with Gasteiger partial charge >= 0.3 is 0 Å². The zero-order valence-electron chi connectivity index (χ0n) is 8.53. The zero-order chi connectivity index (χ0) is 10.8. The molecule has 2 N–H and O–H groups in total. The van der Waals surface area contributed by atoms with Crippen LogP contribution in [0.1, 0.15) is 5.56 Å². The molecule has 3 nitrogen and oxygen atoms in total. The van der Waals surface area contributed by atoms with Crippen LogP contribution in [0, 0.1) is 6.92 Å². The summed E-state index contributed by atoms with van der Waals surface area (Å²) in [6.45, 7) is 2.90. The molecular formula is C11H14ClNO2. The molecule has 4 heteroatoms. The number of nitrogens with one attached hydrogen (secondary N) is 1. The number of aliphatic hydroxyl groups is 1. The molecule has 15 heavy (non-hydrogen) atoms. The van der Waals surface area contributed by atoms with E-state index in [2.05, 4.69) is 5.32 Å². The highest BCUT2D eigenvalue weighted by atomic mass is 35.5. The summed E-state index contributed by atoms with van der Waals surface area (Å²) in [6, 6.07) is 5.73. The first-order chi connectivity index (χ1) is 7.16. The molecule has 1 aromatic carbocycles. The van der Waals surface area contributed by atoms with Gasteiger partial charge in [-0.25, -0.2) is 0 Å². The van der Waals surface area contributed by atoms with Crippen molar-refractivity contribution in [3.8, 4) is 0 Å². The summed E-state index contributed by atoms with van der Waals surface area (Å²) in [6.07, 6.45) is -0.456. The van der Waals surface area contributed by atoms with Gasteiger partial charge in [-0.2, -0.15) is 0 Å². The molecule has 2 unspecified atom stereocenters. The maximum absolute atomic E-state index is 9.57. The van der Waals surface area contributed by atoms with Gasteiger partial charge in [0.05, 0.1) is 36.1 Å². The van der Waals surface area contributed by atoms with Crippen molar-refractivity contribution in [1.82, 2.24) is 0 Å². The monoisotopic (exact) mass is 227 g/mol. The third kappa shape index (κ3) is 2.43. The van der Waals surface area contributed by atoms with Gasteiger partial charge in [0.2, 0.25) is 0 Å². The highest BCUT2D eigenvalue weighted by Gasteiger charge is 2.26. The summed E-state index contributed by atoms with van der Waals surface area (Å²) in [5.74, 6) is 0. The second kappa shape index (κ2) is 4.39. The Morgan fingerprint density at radius 2 is 2.27 bits per heavy atom. The van der Waals surface area contributed by atoms with Crippen LogP contribution in [0.5, 0.6) is 0 Å². The highest BCUT2D eigenvalue weighted by molar-refractivity contribution is 6.33. The Morgan fingerprint density at radius 1 is 1.47 bits per heavy atom. The minimum atomic E-state index is -0.456. The Kier molecular flexibility index (Phi) is 3.14. The minimum Gasteiger partial charge on any atom is -0.388 e. The predicted octanol–water partition coefficient (Wildman–Crippen LogP) is 1.82. The number of benzene rings is 1. The van der Waals surface area contributed by atoms with Crippen molar-refractivity contribution in [2.45, 2.75) is 19.1 Å². The molecule has 1 aliphatic rings. The summed E-state index contributed by atoms with van der Waals surface area (Å²) < 4.78 is 5.15. The van der Waals surface area contributed by atoms with E-state index >= 15 is 0 Å². The van der Waals surface area contributed by atoms with Crippen LogP contribution in [-0.4, -0.2) is 30.5 Å². The van der Waals surface area contributed by atoms with Gasteiger partial charge in [0.25, 0.3) is 0 Å². The Balaban J connectivity index is 2.10. The molecule has 1 fully saturated rings. The molecule has 1 aromatic rings. The summed E-state index contributed by atoms with van der Waals surface area (Å²) in [5.41, 5.74) is 1.96. The van der Waals surface area contributed by atoms with E-state index in [9.17, 15) is 5.11 Å². The Bertz CT molecular complexity index is 356. The zero-order valence-corrected chi connectivity index (χ0v) is 9.29. The molecule has 0 aromatic heterocycles. The van der Waals surface area contributed by atoms with E-state index in [-0.39, 0.29) is 6.04 Å². The number of hydrogen-bond donors (Lipinski definition) is 2. The van der Waals surface area contributed by atoms with Gasteiger partial charge in [0.15, 0.2) is 0 Å². The molecule has 1 saturated heterocycles. The van der Waals surface area contributed by atoms with Crippen LogP contribution >= 0.6 is 11.6 Å². The fraction of sp³-hybridized carbons (Fsp3) is 0.455. The lowest BCUT2D eigenvalue weighted by molar-refractivity contribution is 0.125. The van der Waals surface area contributed by atoms with E-state index in [1.807, 2.05) is 25.1 Å². The molecule has 0 radical (unpaired) electrons. The van der Waals surface area contributed by atoms with E-state index in [1.54, 1.807) is 0 Å². The second-order valence-corrected chi connectivity index (χ2v) is 4.25. The van der Waals surface area contributed by atoms with E-state index in [4.69, 9.17) is 16.3 Å². The predicted molar refractivity (Wildman–Crippen MR) is 60.4 cm³/mol. The third-order valence-electron chi connectivity index (χ3n) is 2.52. The lowest BCUT2D eigenvalue weighted by atomic mass is 10.2. The van der Waals surface area contributed by atoms with Crippen molar-refractivity contribution in [3.05, 3.63) is 28.8 Å². The number of rotatable bonds is 2. The fourth-order valence-electron chi connectivity index (χ4n) is 1.62. The molecule has 1 heterocycles. The number of hydrogen-bond acceptors (Lipinski definition) is 3. The van der Waals surface area contributed by atoms with E-state index < -0.39 is 6.10 Å². The number of aliphatic hydroxyl groups excluding tert-OH is 1. The fourth-order valence-corrected chi connectivity index (χ4v) is 1.91. The van der Waals surface area contributed by atoms with Crippen molar-refractivity contribution < 1.29 is 9.84 Å². The molecule has 0 spiro atoms. The first-order valence-electron chi connectivity index (χ1n) is 4.95. The molecule has 82 valence electrons. The van der Waals surface area contributed by atoms with E-state index in [0.29, 0.717) is 18.2 Å². The van der Waals surface area contributed by atoms with Crippen molar-refractivity contribution >= 4 is 17.3 Å². The van der Waals surface area contributed by atoms with Gasteiger partial charge in [-0.05, 0) is 24.6 Å². The Hall–Kier alpha value is -0.770. The van der Waals surface area contributed by atoms with Gasteiger partial charge < -0.3 is 15.2 Å². The SMILES string of the molecule is Cc1ccc(NC2COCC2O)c(Cl)c1. The normalized spacial score (nSPS) is 25.5. The Morgan fingerprint density at radius 3 is 2.87 bits per heavy atom. The smallest absolute Gasteiger partial charge is 0.0996 e. The second-order valence-electron chi connectivity index (χ2n) is 3.84. The van der Waals surface area contributed by atoms with Gasteiger partial charge in [-0.3, -0.25) is 0 Å². The largest absolute Gasteiger partial charge is 0.388 e. The molecule has 2 rings (SSSR count). The average Bonchev–Trinajstić information content (AvgIpc) is 2.57. The van der Waals surface area contributed by atoms with Gasteiger partial charge in [-0.15, -0.1) is 0 Å². The number of anilines is 1. The van der Waals surface area contributed by atoms with Crippen molar-refractivity contribution in [3.63, 3.8) is 0 Å². The maximum Gasteiger partial charge on any atom is 0.0996 e. The first kappa shape index (κ1) is 10.7. The summed E-state index contributed by atoms with van der Waals surface area (Å²) in [4.78, 5) is 0. The van der Waals surface area contributed by atoms with Gasteiger partial charge in [0.1, 0.15) is 0 Å². The quantitative estimate of drug-likeness (QED) is 0.810. The molecule has 2 atom stereocenters. The molecule has 0 aliphatic carbocycles. The lowest BCUT2D eigenvalue weighted by Crippen LogP contribution is -2.31. The molecule has 1 aliphatic heterocycles. The van der Waals surface area contributed by atoms with Crippen LogP contribution in [0.4, 0.5) is 5.69 Å². The number of ether oxygens (including phenoxy) is 1. The summed E-state index contributed by atoms with van der Waals surface area (Å²) in [5, 5.41) is 13.4. The first-order valence-corrected chi connectivity index (χ1v) is 5.33. The molecule has 0 amide bonds. The van der Waals surface area contributed by atoms with Crippen LogP contribution in [0.15, 0.2) is 18.2 Å². The topological polar surface area (TPSA) is 41.5 Å². The standard InChI is InChI=1S/C11H14ClNO2/c1-7-2-3-9(8(12)4-7)13-10-5-15-6-11(10)14/h2-4,10-11,13-14H,5-6H2,1H3. The summed E-state index contributed by atoms with van der Waals surface area (Å²) in [7, 11) is 0. The van der Waals surface area contributed by atoms with Gasteiger partial charge in [-0.1, -0.05) is 17.7 Å². The molecule has 0 bridgehead atoms.